The van der Waals surface area contributed by atoms with E-state index in [1.54, 1.807) is 12.1 Å². The van der Waals surface area contributed by atoms with E-state index in [9.17, 15) is 9.90 Å². The molecule has 164 valence electrons. The van der Waals surface area contributed by atoms with Gasteiger partial charge in [0.2, 0.25) is 0 Å². The van der Waals surface area contributed by atoms with E-state index in [-0.39, 0.29) is 23.7 Å². The van der Waals surface area contributed by atoms with Crippen LogP contribution in [0.1, 0.15) is 69.4 Å². The summed E-state index contributed by atoms with van der Waals surface area (Å²) in [4.78, 5) is 15.8. The van der Waals surface area contributed by atoms with E-state index in [2.05, 4.69) is 36.1 Å². The van der Waals surface area contributed by atoms with Gasteiger partial charge in [0, 0.05) is 29.6 Å². The first-order chi connectivity index (χ1) is 14.5. The van der Waals surface area contributed by atoms with Crippen LogP contribution in [-0.4, -0.2) is 63.6 Å². The third-order valence-electron chi connectivity index (χ3n) is 6.69. The molecule has 0 saturated carbocycles. The van der Waals surface area contributed by atoms with Crippen molar-refractivity contribution in [2.45, 2.75) is 77.0 Å². The number of unbranched alkanes of at least 4 members (excludes halogenated alkanes) is 1. The smallest absolute Gasteiger partial charge is 0.272 e. The number of carbonyl (C=O) groups is 1. The number of aromatic nitrogens is 2. The van der Waals surface area contributed by atoms with Gasteiger partial charge in [0.25, 0.3) is 5.91 Å². The molecule has 0 aliphatic carbocycles. The molecular formula is C23H34N4O3. The van der Waals surface area contributed by atoms with Gasteiger partial charge in [-0.15, -0.1) is 0 Å². The van der Waals surface area contributed by atoms with Crippen LogP contribution in [0.3, 0.4) is 0 Å². The van der Waals surface area contributed by atoms with Crippen LogP contribution in [0.5, 0.6) is 5.75 Å². The lowest BCUT2D eigenvalue weighted by atomic mass is 9.89. The molecule has 4 rings (SSSR count). The fourth-order valence-electron chi connectivity index (χ4n) is 4.87. The van der Waals surface area contributed by atoms with Gasteiger partial charge < -0.3 is 15.2 Å². The monoisotopic (exact) mass is 414 g/mol. The van der Waals surface area contributed by atoms with E-state index in [4.69, 9.17) is 4.74 Å². The quantitative estimate of drug-likeness (QED) is 0.725. The topological polar surface area (TPSA) is 79.6 Å². The number of hydrogen-bond acceptors (Lipinski definition) is 5. The second kappa shape index (κ2) is 8.94. The summed E-state index contributed by atoms with van der Waals surface area (Å²) in [6.45, 7) is 9.01. The summed E-state index contributed by atoms with van der Waals surface area (Å²) < 4.78 is 7.70. The van der Waals surface area contributed by atoms with Crippen molar-refractivity contribution in [1.82, 2.24) is 20.0 Å². The van der Waals surface area contributed by atoms with E-state index < -0.39 is 0 Å². The van der Waals surface area contributed by atoms with Gasteiger partial charge in [0.05, 0.1) is 18.7 Å². The highest BCUT2D eigenvalue weighted by Crippen LogP contribution is 2.30. The third kappa shape index (κ3) is 4.05. The van der Waals surface area contributed by atoms with E-state index >= 15 is 0 Å². The molecule has 2 saturated heterocycles. The van der Waals surface area contributed by atoms with Crippen molar-refractivity contribution in [3.05, 3.63) is 23.9 Å². The molecule has 1 aromatic carbocycles. The van der Waals surface area contributed by atoms with Crippen LogP contribution < -0.4 is 5.32 Å². The van der Waals surface area contributed by atoms with Crippen LogP contribution in [0.4, 0.5) is 0 Å². The molecule has 1 unspecified atom stereocenters. The van der Waals surface area contributed by atoms with Crippen molar-refractivity contribution in [3.8, 4) is 5.75 Å². The molecule has 7 heteroatoms. The van der Waals surface area contributed by atoms with Gasteiger partial charge in [-0.2, -0.15) is 5.10 Å². The average Bonchev–Trinajstić information content (AvgIpc) is 3.10. The molecule has 2 N–H and O–H groups in total. The Bertz CT molecular complexity index is 882. The number of aromatic hydroxyl groups is 1. The van der Waals surface area contributed by atoms with Crippen LogP contribution in [0.15, 0.2) is 18.2 Å². The predicted octanol–water partition coefficient (Wildman–Crippen LogP) is 3.47. The van der Waals surface area contributed by atoms with Crippen molar-refractivity contribution >= 4 is 16.8 Å². The number of rotatable bonds is 7. The zero-order valence-electron chi connectivity index (χ0n) is 18.3. The molecule has 2 aliphatic heterocycles. The molecule has 3 heterocycles. The number of phenolic OH excluding ortho intramolecular Hbond substituents is 1. The molecular weight excluding hydrogens is 380 g/mol. The number of morpholine rings is 1. The highest BCUT2D eigenvalue weighted by Gasteiger charge is 2.39. The molecule has 30 heavy (non-hydrogen) atoms. The first-order valence-electron chi connectivity index (χ1n) is 11.4. The lowest BCUT2D eigenvalue weighted by molar-refractivity contribution is -0.0802. The van der Waals surface area contributed by atoms with E-state index in [0.29, 0.717) is 23.2 Å². The summed E-state index contributed by atoms with van der Waals surface area (Å²) in [5.74, 6) is -0.00480. The molecule has 2 bridgehead atoms. The number of fused-ring (bicyclic) bond motifs is 3. The number of carbonyl (C=O) groups excluding carboxylic acids is 1. The average molecular weight is 415 g/mol. The fourth-order valence-corrected chi connectivity index (χ4v) is 4.87. The molecule has 2 fully saturated rings. The summed E-state index contributed by atoms with van der Waals surface area (Å²) in [5, 5.41) is 18.6. The Morgan fingerprint density at radius 3 is 2.70 bits per heavy atom. The maximum Gasteiger partial charge on any atom is 0.272 e. The standard InChI is InChI=1S/C23H34N4O3/c1-4-6-9-26-17-10-16(11-18(26)14-30-13-17)24-23(29)22-20-12-19(28)7-8-21(20)27(25-22)15(3)5-2/h7-8,12,15-18,28H,4-6,9-11,13-14H2,1-3H3,(H,24,29)/t15?,17-,18-/m0/s1. The molecule has 1 amide bonds. The number of benzene rings is 1. The van der Waals surface area contributed by atoms with Gasteiger partial charge in [-0.1, -0.05) is 20.3 Å². The summed E-state index contributed by atoms with van der Waals surface area (Å²) in [5.41, 5.74) is 1.28. The third-order valence-corrected chi connectivity index (χ3v) is 6.69. The number of hydrogen-bond donors (Lipinski definition) is 2. The lowest BCUT2D eigenvalue weighted by Crippen LogP contribution is -2.60. The van der Waals surface area contributed by atoms with Crippen LogP contribution >= 0.6 is 0 Å². The molecule has 0 radical (unpaired) electrons. The Hall–Kier alpha value is -2.12. The number of ether oxygens (including phenoxy) is 1. The Morgan fingerprint density at radius 2 is 2.03 bits per heavy atom. The van der Waals surface area contributed by atoms with Gasteiger partial charge in [-0.25, -0.2) is 0 Å². The molecule has 0 spiro atoms. The highest BCUT2D eigenvalue weighted by atomic mass is 16.5. The molecule has 7 nitrogen and oxygen atoms in total. The van der Waals surface area contributed by atoms with Crippen LogP contribution in [0.2, 0.25) is 0 Å². The fraction of sp³-hybridized carbons (Fsp3) is 0.652. The van der Waals surface area contributed by atoms with Crippen molar-refractivity contribution < 1.29 is 14.6 Å². The minimum absolute atomic E-state index is 0.121. The second-order valence-corrected chi connectivity index (χ2v) is 8.83. The van der Waals surface area contributed by atoms with Crippen molar-refractivity contribution in [2.24, 2.45) is 0 Å². The van der Waals surface area contributed by atoms with Gasteiger partial charge in [-0.3, -0.25) is 14.4 Å². The van der Waals surface area contributed by atoms with Crippen LogP contribution in [0.25, 0.3) is 10.9 Å². The molecule has 1 aromatic heterocycles. The highest BCUT2D eigenvalue weighted by molar-refractivity contribution is 6.05. The minimum Gasteiger partial charge on any atom is -0.508 e. The number of amides is 1. The number of phenols is 1. The summed E-state index contributed by atoms with van der Waals surface area (Å²) in [7, 11) is 0. The van der Waals surface area contributed by atoms with Gasteiger partial charge in [0.1, 0.15) is 5.75 Å². The van der Waals surface area contributed by atoms with Crippen molar-refractivity contribution in [1.29, 1.82) is 0 Å². The summed E-state index contributed by atoms with van der Waals surface area (Å²) in [6.07, 6.45) is 5.11. The minimum atomic E-state index is -0.154. The molecule has 3 atom stereocenters. The molecule has 2 aliphatic rings. The lowest BCUT2D eigenvalue weighted by Gasteiger charge is -2.48. The number of nitrogens with one attached hydrogen (secondary N) is 1. The second-order valence-electron chi connectivity index (χ2n) is 8.83. The van der Waals surface area contributed by atoms with E-state index in [1.165, 1.54) is 12.8 Å². The molecule has 2 aromatic rings. The SMILES string of the molecule is CCCCN1[C@@H]2COC[C@@H]1CC(NC(=O)c1nn(C(C)CC)c3ccc(O)cc13)C2. The summed E-state index contributed by atoms with van der Waals surface area (Å²) in [6, 6.07) is 6.17. The maximum absolute atomic E-state index is 13.2. The Labute approximate surface area is 178 Å². The normalized spacial score (nSPS) is 25.4. The zero-order chi connectivity index (χ0) is 21.3. The first kappa shape index (κ1) is 21.1. The number of piperidine rings is 1. The van der Waals surface area contributed by atoms with Gasteiger partial charge >= 0.3 is 0 Å². The maximum atomic E-state index is 13.2. The Kier molecular flexibility index (Phi) is 6.29. The zero-order valence-corrected chi connectivity index (χ0v) is 18.3. The van der Waals surface area contributed by atoms with Crippen LogP contribution in [0, 0.1) is 0 Å². The van der Waals surface area contributed by atoms with Gasteiger partial charge in [-0.05, 0) is 57.4 Å². The largest absolute Gasteiger partial charge is 0.508 e. The van der Waals surface area contributed by atoms with Gasteiger partial charge in [0.15, 0.2) is 5.69 Å². The predicted molar refractivity (Wildman–Crippen MR) is 117 cm³/mol. The van der Waals surface area contributed by atoms with Crippen LogP contribution in [-0.2, 0) is 4.74 Å². The first-order valence-corrected chi connectivity index (χ1v) is 11.4. The Balaban J connectivity index is 1.53. The van der Waals surface area contributed by atoms with E-state index in [0.717, 1.165) is 44.5 Å². The van der Waals surface area contributed by atoms with E-state index in [1.807, 2.05) is 10.7 Å². The number of nitrogens with zero attached hydrogens (tertiary/aromatic N) is 3. The van der Waals surface area contributed by atoms with Crippen molar-refractivity contribution in [3.63, 3.8) is 0 Å². The Morgan fingerprint density at radius 1 is 1.30 bits per heavy atom. The van der Waals surface area contributed by atoms with Crippen molar-refractivity contribution in [2.75, 3.05) is 19.8 Å². The summed E-state index contributed by atoms with van der Waals surface area (Å²) >= 11 is 0.